The molecule has 0 spiro atoms. The molecule has 5 heteroatoms. The highest BCUT2D eigenvalue weighted by molar-refractivity contribution is 5.96. The van der Waals surface area contributed by atoms with Gasteiger partial charge < -0.3 is 14.7 Å². The molecule has 0 amide bonds. The van der Waals surface area contributed by atoms with E-state index in [-0.39, 0.29) is 24.4 Å². The molecular weight excluding hydrogens is 400 g/mol. The van der Waals surface area contributed by atoms with Gasteiger partial charge in [0.15, 0.2) is 0 Å². The number of ether oxygens (including phenoxy) is 1. The van der Waals surface area contributed by atoms with E-state index >= 15 is 0 Å². The highest BCUT2D eigenvalue weighted by Gasteiger charge is 2.34. The van der Waals surface area contributed by atoms with Crippen molar-refractivity contribution < 1.29 is 14.6 Å². The number of hydrogen-bond acceptors (Lipinski definition) is 4. The third-order valence-electron chi connectivity index (χ3n) is 6.83. The van der Waals surface area contributed by atoms with Gasteiger partial charge in [-0.3, -0.25) is 9.79 Å². The minimum atomic E-state index is -0.781. The molecule has 3 atom stereocenters. The Kier molecular flexibility index (Phi) is 5.33. The molecule has 32 heavy (non-hydrogen) atoms. The lowest BCUT2D eigenvalue weighted by atomic mass is 9.90. The summed E-state index contributed by atoms with van der Waals surface area (Å²) in [6.45, 7) is 4.86. The van der Waals surface area contributed by atoms with Crippen molar-refractivity contribution in [2.24, 2.45) is 4.99 Å². The molecule has 3 heterocycles. The van der Waals surface area contributed by atoms with Crippen LogP contribution in [0.4, 0.5) is 0 Å². The number of aryl methyl sites for hydroxylation is 2. The van der Waals surface area contributed by atoms with Gasteiger partial charge in [0, 0.05) is 17.7 Å². The fourth-order valence-electron chi connectivity index (χ4n) is 5.14. The normalized spacial score (nSPS) is 23.0. The van der Waals surface area contributed by atoms with Crippen LogP contribution in [-0.2, 0) is 17.6 Å². The van der Waals surface area contributed by atoms with Crippen LogP contribution in [0.3, 0.4) is 0 Å². The van der Waals surface area contributed by atoms with Crippen LogP contribution in [0.15, 0.2) is 65.8 Å². The molecule has 5 rings (SSSR count). The first-order valence-corrected chi connectivity index (χ1v) is 11.3. The van der Waals surface area contributed by atoms with Crippen LogP contribution in [0.25, 0.3) is 0 Å². The maximum absolute atomic E-state index is 11.1. The monoisotopic (exact) mass is 428 g/mol. The Bertz CT molecular complexity index is 1150. The molecule has 164 valence electrons. The van der Waals surface area contributed by atoms with Gasteiger partial charge in [-0.25, -0.2) is 0 Å². The summed E-state index contributed by atoms with van der Waals surface area (Å²) in [5.41, 5.74) is 6.26. The molecule has 3 aliphatic heterocycles. The molecular formula is C27H28N2O3. The van der Waals surface area contributed by atoms with Gasteiger partial charge in [-0.2, -0.15) is 0 Å². The molecule has 0 saturated heterocycles. The molecule has 3 aliphatic rings. The van der Waals surface area contributed by atoms with Crippen molar-refractivity contribution in [1.82, 2.24) is 4.90 Å². The number of allylic oxidation sites excluding steroid dienone is 2. The molecule has 0 aliphatic carbocycles. The fourth-order valence-corrected chi connectivity index (χ4v) is 5.14. The van der Waals surface area contributed by atoms with E-state index in [1.807, 2.05) is 12.1 Å². The number of fused-ring (bicyclic) bond motifs is 2. The number of hydrogen-bond donors (Lipinski definition) is 1. The van der Waals surface area contributed by atoms with Crippen molar-refractivity contribution in [2.45, 2.75) is 51.1 Å². The standard InChI is InChI=1S/C27H28N2O3/c1-17-20(6-5-7-22(17)27-18(2)28-25-8-3-4-13-29(25)27)11-9-19-10-12-23-21(15-26(30)31)16-32-24(23)14-19/h3-8,10,12-14,18,21,27H,9,11,15-16H2,1-2H3,(H,30,31)/t18?,21-,27?/m1/s1. The molecule has 5 nitrogen and oxygen atoms in total. The zero-order chi connectivity index (χ0) is 22.2. The highest BCUT2D eigenvalue weighted by Crippen LogP contribution is 2.38. The molecule has 2 aromatic carbocycles. The average Bonchev–Trinajstić information content (AvgIpc) is 3.32. The Labute approximate surface area is 188 Å². The summed E-state index contributed by atoms with van der Waals surface area (Å²) >= 11 is 0. The molecule has 1 N–H and O–H groups in total. The average molecular weight is 429 g/mol. The highest BCUT2D eigenvalue weighted by atomic mass is 16.5. The quantitative estimate of drug-likeness (QED) is 0.707. The Morgan fingerprint density at radius 1 is 1.19 bits per heavy atom. The summed E-state index contributed by atoms with van der Waals surface area (Å²) in [6.07, 6.45) is 10.3. The molecule has 0 aromatic heterocycles. The number of carboxylic acid groups (broad SMARTS) is 1. The van der Waals surface area contributed by atoms with E-state index in [1.54, 1.807) is 0 Å². The Balaban J connectivity index is 1.32. The van der Waals surface area contributed by atoms with Crippen molar-refractivity contribution in [3.63, 3.8) is 0 Å². The van der Waals surface area contributed by atoms with Crippen LogP contribution in [-0.4, -0.2) is 34.5 Å². The summed E-state index contributed by atoms with van der Waals surface area (Å²) in [4.78, 5) is 18.2. The van der Waals surface area contributed by atoms with E-state index < -0.39 is 5.97 Å². The largest absolute Gasteiger partial charge is 0.493 e. The predicted octanol–water partition coefficient (Wildman–Crippen LogP) is 4.96. The van der Waals surface area contributed by atoms with E-state index in [4.69, 9.17) is 14.8 Å². The van der Waals surface area contributed by atoms with Crippen molar-refractivity contribution in [3.8, 4) is 5.75 Å². The van der Waals surface area contributed by atoms with Gasteiger partial charge in [-0.05, 0) is 67.2 Å². The van der Waals surface area contributed by atoms with Crippen LogP contribution in [0, 0.1) is 6.92 Å². The summed E-state index contributed by atoms with van der Waals surface area (Å²) in [7, 11) is 0. The van der Waals surface area contributed by atoms with Crippen LogP contribution < -0.4 is 4.74 Å². The van der Waals surface area contributed by atoms with Gasteiger partial charge >= 0.3 is 5.97 Å². The topological polar surface area (TPSA) is 62.1 Å². The molecule has 0 radical (unpaired) electrons. The minimum absolute atomic E-state index is 0.0466. The lowest BCUT2D eigenvalue weighted by Gasteiger charge is -2.29. The second kappa shape index (κ2) is 8.30. The number of carboxylic acids is 1. The van der Waals surface area contributed by atoms with Crippen molar-refractivity contribution in [1.29, 1.82) is 0 Å². The van der Waals surface area contributed by atoms with E-state index in [2.05, 4.69) is 67.4 Å². The lowest BCUT2D eigenvalue weighted by Crippen LogP contribution is -2.28. The number of aliphatic imine (C=N–C) groups is 1. The minimum Gasteiger partial charge on any atom is -0.493 e. The first-order valence-electron chi connectivity index (χ1n) is 11.3. The van der Waals surface area contributed by atoms with Crippen LogP contribution >= 0.6 is 0 Å². The Morgan fingerprint density at radius 2 is 2.06 bits per heavy atom. The van der Waals surface area contributed by atoms with E-state index in [1.165, 1.54) is 22.3 Å². The Hall–Kier alpha value is -3.34. The SMILES string of the molecule is Cc1c(CCc2ccc3c(c2)OC[C@H]3CC(=O)O)cccc1C1C(C)N=C2C=CC=CN21. The summed E-state index contributed by atoms with van der Waals surface area (Å²) < 4.78 is 5.78. The summed E-state index contributed by atoms with van der Waals surface area (Å²) in [6, 6.07) is 13.3. The van der Waals surface area contributed by atoms with Crippen LogP contribution in [0.1, 0.15) is 53.1 Å². The zero-order valence-electron chi connectivity index (χ0n) is 18.5. The molecule has 0 saturated carbocycles. The van der Waals surface area contributed by atoms with E-state index in [0.717, 1.165) is 30.0 Å². The van der Waals surface area contributed by atoms with Crippen molar-refractivity contribution in [3.05, 3.63) is 88.6 Å². The summed E-state index contributed by atoms with van der Waals surface area (Å²) in [5.74, 6) is 1.05. The lowest BCUT2D eigenvalue weighted by molar-refractivity contribution is -0.137. The predicted molar refractivity (Wildman–Crippen MR) is 125 cm³/mol. The van der Waals surface area contributed by atoms with Crippen molar-refractivity contribution >= 4 is 11.8 Å². The van der Waals surface area contributed by atoms with Crippen LogP contribution in [0.2, 0.25) is 0 Å². The number of rotatable bonds is 6. The van der Waals surface area contributed by atoms with E-state index in [0.29, 0.717) is 6.61 Å². The number of amidine groups is 1. The first-order chi connectivity index (χ1) is 15.5. The number of aliphatic carboxylic acids is 1. The maximum atomic E-state index is 11.1. The maximum Gasteiger partial charge on any atom is 0.304 e. The van der Waals surface area contributed by atoms with Gasteiger partial charge in [0.1, 0.15) is 11.6 Å². The molecule has 2 unspecified atom stereocenters. The second-order valence-electron chi connectivity index (χ2n) is 8.89. The fraction of sp³-hybridized carbons (Fsp3) is 0.333. The Morgan fingerprint density at radius 3 is 2.91 bits per heavy atom. The number of nitrogens with zero attached hydrogens (tertiary/aromatic N) is 2. The van der Waals surface area contributed by atoms with Gasteiger partial charge in [-0.1, -0.05) is 36.4 Å². The third kappa shape index (κ3) is 3.72. The molecule has 0 fully saturated rings. The second-order valence-corrected chi connectivity index (χ2v) is 8.89. The van der Waals surface area contributed by atoms with Gasteiger partial charge in [0.25, 0.3) is 0 Å². The number of carbonyl (C=O) groups is 1. The molecule has 0 bridgehead atoms. The smallest absolute Gasteiger partial charge is 0.304 e. The zero-order valence-corrected chi connectivity index (χ0v) is 18.5. The third-order valence-corrected chi connectivity index (χ3v) is 6.83. The first kappa shape index (κ1) is 20.6. The van der Waals surface area contributed by atoms with Crippen LogP contribution in [0.5, 0.6) is 5.75 Å². The summed E-state index contributed by atoms with van der Waals surface area (Å²) in [5, 5.41) is 9.10. The van der Waals surface area contributed by atoms with Crippen molar-refractivity contribution in [2.75, 3.05) is 6.61 Å². The van der Waals surface area contributed by atoms with E-state index in [9.17, 15) is 4.79 Å². The number of benzene rings is 2. The van der Waals surface area contributed by atoms with Gasteiger partial charge in [0.2, 0.25) is 0 Å². The molecule has 2 aromatic rings. The van der Waals surface area contributed by atoms with Gasteiger partial charge in [0.05, 0.1) is 25.1 Å². The van der Waals surface area contributed by atoms with Gasteiger partial charge in [-0.15, -0.1) is 0 Å².